The van der Waals surface area contributed by atoms with Gasteiger partial charge in [-0.1, -0.05) is 122 Å². The quantitative estimate of drug-likeness (QED) is 0.469. The molecule has 0 bridgehead atoms. The molecule has 2 aliphatic carbocycles. The van der Waals surface area contributed by atoms with Crippen LogP contribution in [0.15, 0.2) is 0 Å². The van der Waals surface area contributed by atoms with Gasteiger partial charge in [-0.25, -0.2) is 0 Å². The van der Waals surface area contributed by atoms with E-state index < -0.39 is 0 Å². The smallest absolute Gasteiger partial charge is 0.0386 e. The summed E-state index contributed by atoms with van der Waals surface area (Å²) in [6, 6.07) is 0. The molecule has 2 unspecified atom stereocenters. The van der Waals surface area contributed by atoms with Crippen LogP contribution in [0.2, 0.25) is 0 Å². The first kappa shape index (κ1) is 22.3. The molecule has 152 valence electrons. The SMILES string of the molecule is CC(CC1CCCC[CH]CCCCC1)CC1CCCC[CH]CCCCC1. The van der Waals surface area contributed by atoms with Crippen molar-refractivity contribution in [2.24, 2.45) is 17.8 Å². The fourth-order valence-electron chi connectivity index (χ4n) is 5.52. The highest BCUT2D eigenvalue weighted by molar-refractivity contribution is 4.73. The summed E-state index contributed by atoms with van der Waals surface area (Å²) in [4.78, 5) is 0. The average molecular weight is 361 g/mol. The molecule has 0 heteroatoms. The molecule has 0 aromatic carbocycles. The number of hydrogen-bond donors (Lipinski definition) is 0. The first-order valence-electron chi connectivity index (χ1n) is 12.5. The van der Waals surface area contributed by atoms with E-state index in [9.17, 15) is 0 Å². The normalized spacial score (nSPS) is 24.7. The lowest BCUT2D eigenvalue weighted by Crippen LogP contribution is -2.12. The Morgan fingerprint density at radius 3 is 1.31 bits per heavy atom. The zero-order valence-electron chi connectivity index (χ0n) is 18.0. The summed E-state index contributed by atoms with van der Waals surface area (Å²) in [6.45, 7) is 2.58. The Hall–Kier alpha value is 0. The molecule has 0 spiro atoms. The minimum atomic E-state index is 0.957. The fourth-order valence-corrected chi connectivity index (χ4v) is 5.52. The Bertz CT molecular complexity index is 253. The standard InChI is InChI=1S/C26H48/c1-24(22-25-18-14-10-6-2-3-7-11-15-19-25)23-26-20-16-12-8-4-5-9-13-17-21-26/h2,4,24-26H,3,5-23H2,1H3. The molecule has 26 heavy (non-hydrogen) atoms. The van der Waals surface area contributed by atoms with Gasteiger partial charge in [-0.05, 0) is 43.4 Å². The van der Waals surface area contributed by atoms with Crippen LogP contribution in [0.25, 0.3) is 0 Å². The van der Waals surface area contributed by atoms with Gasteiger partial charge in [0.1, 0.15) is 0 Å². The van der Waals surface area contributed by atoms with Gasteiger partial charge in [0.2, 0.25) is 0 Å². The van der Waals surface area contributed by atoms with Gasteiger partial charge in [0.05, 0.1) is 0 Å². The second-order valence-electron chi connectivity index (χ2n) is 9.73. The van der Waals surface area contributed by atoms with Crippen LogP contribution in [0.5, 0.6) is 0 Å². The second kappa shape index (κ2) is 15.0. The van der Waals surface area contributed by atoms with Crippen molar-refractivity contribution in [3.8, 4) is 0 Å². The molecule has 0 saturated heterocycles. The van der Waals surface area contributed by atoms with Crippen LogP contribution < -0.4 is 0 Å². The number of hydrogen-bond acceptors (Lipinski definition) is 0. The monoisotopic (exact) mass is 360 g/mol. The largest absolute Gasteiger partial charge is 0.0625 e. The van der Waals surface area contributed by atoms with Crippen LogP contribution >= 0.6 is 0 Å². The molecule has 0 amide bonds. The summed E-state index contributed by atoms with van der Waals surface area (Å²) >= 11 is 0. The predicted octanol–water partition coefficient (Wildman–Crippen LogP) is 9.09. The van der Waals surface area contributed by atoms with Gasteiger partial charge in [-0.15, -0.1) is 0 Å². The first-order chi connectivity index (χ1) is 12.8. The van der Waals surface area contributed by atoms with E-state index in [0.29, 0.717) is 0 Å². The zero-order chi connectivity index (χ0) is 18.3. The van der Waals surface area contributed by atoms with E-state index in [1.807, 2.05) is 0 Å². The Kier molecular flexibility index (Phi) is 12.8. The highest BCUT2D eigenvalue weighted by Gasteiger charge is 2.18. The molecule has 0 N–H and O–H groups in total. The molecule has 2 rings (SSSR count). The van der Waals surface area contributed by atoms with Crippen molar-refractivity contribution in [2.45, 2.75) is 135 Å². The molecule has 0 nitrogen and oxygen atoms in total. The van der Waals surface area contributed by atoms with Crippen molar-refractivity contribution in [3.63, 3.8) is 0 Å². The highest BCUT2D eigenvalue weighted by atomic mass is 14.2. The van der Waals surface area contributed by atoms with E-state index >= 15 is 0 Å². The Morgan fingerprint density at radius 1 is 0.538 bits per heavy atom. The van der Waals surface area contributed by atoms with Crippen LogP contribution in [0.3, 0.4) is 0 Å². The molecule has 2 saturated carbocycles. The molecular formula is C26H48. The summed E-state index contributed by atoms with van der Waals surface area (Å²) in [5.41, 5.74) is 0. The third-order valence-corrected chi connectivity index (χ3v) is 7.05. The lowest BCUT2D eigenvalue weighted by molar-refractivity contribution is 0.270. The zero-order valence-corrected chi connectivity index (χ0v) is 18.0. The van der Waals surface area contributed by atoms with E-state index in [0.717, 1.165) is 17.8 Å². The van der Waals surface area contributed by atoms with Gasteiger partial charge in [0, 0.05) is 0 Å². The van der Waals surface area contributed by atoms with Crippen molar-refractivity contribution in [2.75, 3.05) is 0 Å². The summed E-state index contributed by atoms with van der Waals surface area (Å²) in [5.74, 6) is 3.01. The molecule has 2 aliphatic rings. The van der Waals surface area contributed by atoms with Gasteiger partial charge < -0.3 is 0 Å². The highest BCUT2D eigenvalue weighted by Crippen LogP contribution is 2.32. The maximum Gasteiger partial charge on any atom is -0.0386 e. The minimum absolute atomic E-state index is 0.957. The number of rotatable bonds is 4. The second-order valence-corrected chi connectivity index (χ2v) is 9.73. The maximum atomic E-state index is 2.58. The predicted molar refractivity (Wildman–Crippen MR) is 117 cm³/mol. The Labute approximate surface area is 166 Å². The summed E-state index contributed by atoms with van der Waals surface area (Å²) in [6.07, 6.45) is 34.4. The van der Waals surface area contributed by atoms with E-state index in [1.165, 1.54) is 128 Å². The van der Waals surface area contributed by atoms with Crippen LogP contribution in [-0.4, -0.2) is 0 Å². The van der Waals surface area contributed by atoms with E-state index in [4.69, 9.17) is 0 Å². The van der Waals surface area contributed by atoms with Crippen LogP contribution in [-0.2, 0) is 0 Å². The molecule has 0 aromatic rings. The Morgan fingerprint density at radius 2 is 0.885 bits per heavy atom. The molecule has 2 fully saturated rings. The van der Waals surface area contributed by atoms with Crippen LogP contribution in [0.4, 0.5) is 0 Å². The topological polar surface area (TPSA) is 0 Å². The molecule has 0 heterocycles. The van der Waals surface area contributed by atoms with Gasteiger partial charge >= 0.3 is 0 Å². The third kappa shape index (κ3) is 11.0. The molecular weight excluding hydrogens is 312 g/mol. The lowest BCUT2D eigenvalue weighted by Gasteiger charge is -2.25. The van der Waals surface area contributed by atoms with Crippen molar-refractivity contribution < 1.29 is 0 Å². The molecule has 0 aliphatic heterocycles. The van der Waals surface area contributed by atoms with Crippen LogP contribution in [0.1, 0.15) is 135 Å². The summed E-state index contributed by atoms with van der Waals surface area (Å²) in [7, 11) is 0. The van der Waals surface area contributed by atoms with Gasteiger partial charge in [-0.3, -0.25) is 0 Å². The average Bonchev–Trinajstić information content (AvgIpc) is 2.72. The van der Waals surface area contributed by atoms with E-state index in [1.54, 1.807) is 0 Å². The van der Waals surface area contributed by atoms with Gasteiger partial charge in [-0.2, -0.15) is 0 Å². The Balaban J connectivity index is 1.72. The van der Waals surface area contributed by atoms with Crippen LogP contribution in [0, 0.1) is 30.6 Å². The molecule has 2 atom stereocenters. The fraction of sp³-hybridized carbons (Fsp3) is 0.923. The summed E-state index contributed by atoms with van der Waals surface area (Å²) < 4.78 is 0. The van der Waals surface area contributed by atoms with Crippen molar-refractivity contribution in [1.29, 1.82) is 0 Å². The van der Waals surface area contributed by atoms with Gasteiger partial charge in [0.25, 0.3) is 0 Å². The maximum absolute atomic E-state index is 2.58. The van der Waals surface area contributed by atoms with Crippen molar-refractivity contribution in [1.82, 2.24) is 0 Å². The van der Waals surface area contributed by atoms with E-state index in [-0.39, 0.29) is 0 Å². The summed E-state index contributed by atoms with van der Waals surface area (Å²) in [5, 5.41) is 0. The van der Waals surface area contributed by atoms with E-state index in [2.05, 4.69) is 19.8 Å². The lowest BCUT2D eigenvalue weighted by atomic mass is 9.81. The van der Waals surface area contributed by atoms with Gasteiger partial charge in [0.15, 0.2) is 0 Å². The first-order valence-corrected chi connectivity index (χ1v) is 12.5. The van der Waals surface area contributed by atoms with Crippen molar-refractivity contribution in [3.05, 3.63) is 12.8 Å². The third-order valence-electron chi connectivity index (χ3n) is 7.05. The molecule has 2 radical (unpaired) electrons. The molecule has 0 aromatic heterocycles. The van der Waals surface area contributed by atoms with Crippen molar-refractivity contribution >= 4 is 0 Å². The minimum Gasteiger partial charge on any atom is -0.0625 e.